The fourth-order valence-electron chi connectivity index (χ4n) is 1.30. The molecule has 1 rings (SSSR count). The van der Waals surface area contributed by atoms with Crippen LogP contribution in [0.5, 0.6) is 0 Å². The molecule has 0 aromatic carbocycles. The van der Waals surface area contributed by atoms with Crippen LogP contribution in [0, 0.1) is 5.92 Å². The SMILES string of the molecule is CC(N)C(N)(C(=O)O)C1CC1. The summed E-state index contributed by atoms with van der Waals surface area (Å²) in [6.07, 6.45) is 1.79. The molecule has 0 heterocycles. The molecule has 0 aromatic rings. The first-order chi connectivity index (χ1) is 4.99. The van der Waals surface area contributed by atoms with E-state index in [1.165, 1.54) is 0 Å². The van der Waals surface area contributed by atoms with E-state index in [1.807, 2.05) is 0 Å². The molecule has 2 atom stereocenters. The molecule has 5 N–H and O–H groups in total. The molecule has 1 aliphatic rings. The van der Waals surface area contributed by atoms with E-state index in [0.29, 0.717) is 0 Å². The van der Waals surface area contributed by atoms with Crippen LogP contribution in [0.2, 0.25) is 0 Å². The molecule has 0 bridgehead atoms. The zero-order valence-electron chi connectivity index (χ0n) is 6.58. The van der Waals surface area contributed by atoms with Gasteiger partial charge in [-0.15, -0.1) is 0 Å². The molecule has 11 heavy (non-hydrogen) atoms. The van der Waals surface area contributed by atoms with Crippen molar-refractivity contribution in [3.63, 3.8) is 0 Å². The number of hydrogen-bond donors (Lipinski definition) is 3. The van der Waals surface area contributed by atoms with Crippen molar-refractivity contribution in [3.8, 4) is 0 Å². The Kier molecular flexibility index (Phi) is 1.90. The van der Waals surface area contributed by atoms with Crippen LogP contribution in [0.3, 0.4) is 0 Å². The lowest BCUT2D eigenvalue weighted by atomic mass is 9.87. The van der Waals surface area contributed by atoms with E-state index in [0.717, 1.165) is 12.8 Å². The molecule has 1 aliphatic carbocycles. The molecule has 64 valence electrons. The summed E-state index contributed by atoms with van der Waals surface area (Å²) in [6, 6.07) is -0.479. The lowest BCUT2D eigenvalue weighted by Crippen LogP contribution is -2.61. The fourth-order valence-corrected chi connectivity index (χ4v) is 1.30. The van der Waals surface area contributed by atoms with Crippen molar-refractivity contribution in [1.29, 1.82) is 0 Å². The van der Waals surface area contributed by atoms with Gasteiger partial charge in [0.2, 0.25) is 0 Å². The Morgan fingerprint density at radius 2 is 2.18 bits per heavy atom. The standard InChI is InChI=1S/C7H14N2O2/c1-4(8)7(9,6(10)11)5-2-3-5/h4-5H,2-3,8-9H2,1H3,(H,10,11). The van der Waals surface area contributed by atoms with E-state index in [4.69, 9.17) is 16.6 Å². The van der Waals surface area contributed by atoms with E-state index < -0.39 is 17.6 Å². The zero-order chi connectivity index (χ0) is 8.65. The van der Waals surface area contributed by atoms with Crippen LogP contribution in [0.25, 0.3) is 0 Å². The van der Waals surface area contributed by atoms with Gasteiger partial charge < -0.3 is 16.6 Å². The number of carbonyl (C=O) groups is 1. The Bertz CT molecular complexity index is 173. The third-order valence-corrected chi connectivity index (χ3v) is 2.38. The minimum Gasteiger partial charge on any atom is -0.480 e. The largest absolute Gasteiger partial charge is 0.480 e. The maximum Gasteiger partial charge on any atom is 0.325 e. The Balaban J connectivity index is 2.77. The van der Waals surface area contributed by atoms with E-state index in [1.54, 1.807) is 6.92 Å². The van der Waals surface area contributed by atoms with Crippen molar-refractivity contribution < 1.29 is 9.90 Å². The summed E-state index contributed by atoms with van der Waals surface area (Å²) in [6.45, 7) is 1.65. The first kappa shape index (κ1) is 8.49. The molecule has 4 heteroatoms. The normalized spacial score (nSPS) is 25.7. The van der Waals surface area contributed by atoms with Crippen LogP contribution < -0.4 is 11.5 Å². The Hall–Kier alpha value is -0.610. The van der Waals surface area contributed by atoms with Crippen molar-refractivity contribution in [2.24, 2.45) is 17.4 Å². The molecule has 1 fully saturated rings. The van der Waals surface area contributed by atoms with Crippen molar-refractivity contribution in [1.82, 2.24) is 0 Å². The van der Waals surface area contributed by atoms with E-state index in [9.17, 15) is 4.79 Å². The van der Waals surface area contributed by atoms with Gasteiger partial charge in [-0.05, 0) is 25.7 Å². The van der Waals surface area contributed by atoms with Crippen LogP contribution in [0.1, 0.15) is 19.8 Å². The first-order valence-corrected chi connectivity index (χ1v) is 3.77. The van der Waals surface area contributed by atoms with E-state index in [-0.39, 0.29) is 5.92 Å². The molecular formula is C7H14N2O2. The third-order valence-electron chi connectivity index (χ3n) is 2.38. The Labute approximate surface area is 65.6 Å². The summed E-state index contributed by atoms with van der Waals surface area (Å²) >= 11 is 0. The molecule has 0 aromatic heterocycles. The predicted octanol–water partition coefficient (Wildman–Crippen LogP) is -0.474. The average Bonchev–Trinajstić information content (AvgIpc) is 2.66. The van der Waals surface area contributed by atoms with E-state index in [2.05, 4.69) is 0 Å². The topological polar surface area (TPSA) is 89.3 Å². The highest BCUT2D eigenvalue weighted by Crippen LogP contribution is 2.39. The van der Waals surface area contributed by atoms with Gasteiger partial charge in [0.15, 0.2) is 0 Å². The van der Waals surface area contributed by atoms with E-state index >= 15 is 0 Å². The Morgan fingerprint density at radius 3 is 2.27 bits per heavy atom. The molecule has 0 radical (unpaired) electrons. The summed E-state index contributed by atoms with van der Waals surface area (Å²) < 4.78 is 0. The van der Waals surface area contributed by atoms with Gasteiger partial charge in [-0.2, -0.15) is 0 Å². The summed E-state index contributed by atoms with van der Waals surface area (Å²) in [5.74, 6) is -0.894. The fraction of sp³-hybridized carbons (Fsp3) is 0.857. The number of hydrogen-bond acceptors (Lipinski definition) is 3. The average molecular weight is 158 g/mol. The number of rotatable bonds is 3. The second-order valence-corrected chi connectivity index (χ2v) is 3.30. The maximum absolute atomic E-state index is 10.7. The summed E-state index contributed by atoms with van der Waals surface area (Å²) in [5.41, 5.74) is 9.98. The van der Waals surface area contributed by atoms with Crippen LogP contribution in [-0.2, 0) is 4.79 Å². The molecule has 2 unspecified atom stereocenters. The van der Waals surface area contributed by atoms with Gasteiger partial charge in [0, 0.05) is 6.04 Å². The monoisotopic (exact) mass is 158 g/mol. The zero-order valence-corrected chi connectivity index (χ0v) is 6.58. The van der Waals surface area contributed by atoms with Gasteiger partial charge in [-0.3, -0.25) is 4.79 Å². The lowest BCUT2D eigenvalue weighted by Gasteiger charge is -2.28. The van der Waals surface area contributed by atoms with Gasteiger partial charge >= 0.3 is 5.97 Å². The first-order valence-electron chi connectivity index (χ1n) is 3.77. The van der Waals surface area contributed by atoms with Crippen LogP contribution in [0.4, 0.5) is 0 Å². The second kappa shape index (κ2) is 2.46. The third kappa shape index (κ3) is 1.23. The number of nitrogens with two attached hydrogens (primary N) is 2. The summed E-state index contributed by atoms with van der Waals surface area (Å²) in [4.78, 5) is 10.7. The van der Waals surface area contributed by atoms with Gasteiger partial charge in [0.25, 0.3) is 0 Å². The van der Waals surface area contributed by atoms with Crippen molar-refractivity contribution in [2.45, 2.75) is 31.3 Å². The molecule has 0 spiro atoms. The van der Waals surface area contributed by atoms with Crippen LogP contribution >= 0.6 is 0 Å². The summed E-state index contributed by atoms with van der Waals surface area (Å²) in [7, 11) is 0. The number of aliphatic carboxylic acids is 1. The highest BCUT2D eigenvalue weighted by Gasteiger charge is 2.50. The minimum atomic E-state index is -1.19. The number of carboxylic acid groups (broad SMARTS) is 1. The van der Waals surface area contributed by atoms with Crippen molar-refractivity contribution >= 4 is 5.97 Å². The molecule has 4 nitrogen and oxygen atoms in total. The highest BCUT2D eigenvalue weighted by molar-refractivity contribution is 5.80. The quantitative estimate of drug-likeness (QED) is 0.517. The second-order valence-electron chi connectivity index (χ2n) is 3.30. The van der Waals surface area contributed by atoms with Crippen LogP contribution in [0.15, 0.2) is 0 Å². The van der Waals surface area contributed by atoms with Gasteiger partial charge in [0.1, 0.15) is 5.54 Å². The smallest absolute Gasteiger partial charge is 0.325 e. The molecule has 0 aliphatic heterocycles. The van der Waals surface area contributed by atoms with Gasteiger partial charge in [-0.1, -0.05) is 0 Å². The van der Waals surface area contributed by atoms with Crippen molar-refractivity contribution in [2.75, 3.05) is 0 Å². The predicted molar refractivity (Wildman–Crippen MR) is 40.9 cm³/mol. The molecule has 0 saturated heterocycles. The van der Waals surface area contributed by atoms with Crippen LogP contribution in [-0.4, -0.2) is 22.7 Å². The molecule has 1 saturated carbocycles. The minimum absolute atomic E-state index is 0.0833. The van der Waals surface area contributed by atoms with Gasteiger partial charge in [-0.25, -0.2) is 0 Å². The maximum atomic E-state index is 10.7. The number of carboxylic acids is 1. The lowest BCUT2D eigenvalue weighted by molar-refractivity contribution is -0.145. The Morgan fingerprint density at radius 1 is 1.73 bits per heavy atom. The molecule has 0 amide bonds. The highest BCUT2D eigenvalue weighted by atomic mass is 16.4. The molecular weight excluding hydrogens is 144 g/mol. The van der Waals surface area contributed by atoms with Gasteiger partial charge in [0.05, 0.1) is 0 Å². The van der Waals surface area contributed by atoms with Crippen molar-refractivity contribution in [3.05, 3.63) is 0 Å². The summed E-state index contributed by atoms with van der Waals surface area (Å²) in [5, 5.41) is 8.81.